The normalized spacial score (nSPS) is 11.7. The van der Waals surface area contributed by atoms with Gasteiger partial charge in [-0.3, -0.25) is 9.59 Å². The van der Waals surface area contributed by atoms with Gasteiger partial charge in [-0.2, -0.15) is 0 Å². The van der Waals surface area contributed by atoms with E-state index < -0.39 is 11.9 Å². The SMILES string of the molecule is NC(=O)c1cccc(NC(=O)[C@@H](Cc2ccccc2)n2cnnn2)c1. The van der Waals surface area contributed by atoms with Crippen molar-refractivity contribution in [3.05, 3.63) is 72.1 Å². The van der Waals surface area contributed by atoms with E-state index in [0.29, 0.717) is 17.7 Å². The van der Waals surface area contributed by atoms with Crippen molar-refractivity contribution < 1.29 is 9.59 Å². The molecule has 0 aliphatic carbocycles. The Morgan fingerprint density at radius 3 is 2.60 bits per heavy atom. The van der Waals surface area contributed by atoms with Crippen LogP contribution in [0.5, 0.6) is 0 Å². The van der Waals surface area contributed by atoms with Crippen LogP contribution in [-0.4, -0.2) is 32.0 Å². The van der Waals surface area contributed by atoms with Gasteiger partial charge in [0.1, 0.15) is 12.4 Å². The second-order valence-electron chi connectivity index (χ2n) is 5.43. The number of carbonyl (C=O) groups is 2. The van der Waals surface area contributed by atoms with Crippen LogP contribution in [-0.2, 0) is 11.2 Å². The van der Waals surface area contributed by atoms with E-state index in [9.17, 15) is 9.59 Å². The summed E-state index contributed by atoms with van der Waals surface area (Å²) in [5.74, 6) is -0.852. The standard InChI is InChI=1S/C17H16N6O2/c18-16(24)13-7-4-8-14(10-13)20-17(25)15(23-11-19-21-22-23)9-12-5-2-1-3-6-12/h1-8,10-11,15H,9H2,(H2,18,24)(H,20,25)/t15-/m1/s1. The highest BCUT2D eigenvalue weighted by molar-refractivity contribution is 5.97. The fourth-order valence-corrected chi connectivity index (χ4v) is 2.43. The smallest absolute Gasteiger partial charge is 0.249 e. The van der Waals surface area contributed by atoms with Crippen LogP contribution < -0.4 is 11.1 Å². The number of anilines is 1. The Morgan fingerprint density at radius 1 is 1.12 bits per heavy atom. The minimum atomic E-state index is -0.630. The molecule has 8 nitrogen and oxygen atoms in total. The third-order valence-electron chi connectivity index (χ3n) is 3.67. The molecule has 2 aromatic carbocycles. The molecule has 3 rings (SSSR count). The van der Waals surface area contributed by atoms with Crippen LogP contribution in [0.15, 0.2) is 60.9 Å². The molecule has 0 aliphatic heterocycles. The molecule has 0 radical (unpaired) electrons. The third kappa shape index (κ3) is 4.05. The minimum Gasteiger partial charge on any atom is -0.366 e. The number of nitrogens with one attached hydrogen (secondary N) is 1. The number of rotatable bonds is 6. The predicted molar refractivity (Wildman–Crippen MR) is 90.6 cm³/mol. The Labute approximate surface area is 143 Å². The quantitative estimate of drug-likeness (QED) is 0.701. The molecule has 25 heavy (non-hydrogen) atoms. The van der Waals surface area contributed by atoms with Gasteiger partial charge in [-0.05, 0) is 34.2 Å². The predicted octanol–water partition coefficient (Wildman–Crippen LogP) is 1.19. The summed E-state index contributed by atoms with van der Waals surface area (Å²) in [6, 6.07) is 15.4. The lowest BCUT2D eigenvalue weighted by molar-refractivity contribution is -0.119. The molecule has 1 heterocycles. The van der Waals surface area contributed by atoms with Crippen molar-refractivity contribution in [2.24, 2.45) is 5.73 Å². The van der Waals surface area contributed by atoms with Gasteiger partial charge in [-0.25, -0.2) is 4.68 Å². The monoisotopic (exact) mass is 336 g/mol. The molecule has 126 valence electrons. The van der Waals surface area contributed by atoms with Gasteiger partial charge in [0.05, 0.1) is 0 Å². The van der Waals surface area contributed by atoms with Crippen molar-refractivity contribution in [1.29, 1.82) is 0 Å². The van der Waals surface area contributed by atoms with Gasteiger partial charge in [0.25, 0.3) is 0 Å². The average Bonchev–Trinajstić information content (AvgIpc) is 3.15. The van der Waals surface area contributed by atoms with Gasteiger partial charge in [0.15, 0.2) is 0 Å². The van der Waals surface area contributed by atoms with Crippen molar-refractivity contribution >= 4 is 17.5 Å². The summed E-state index contributed by atoms with van der Waals surface area (Å²) < 4.78 is 1.40. The number of hydrogen-bond acceptors (Lipinski definition) is 5. The molecular weight excluding hydrogens is 320 g/mol. The van der Waals surface area contributed by atoms with Crippen molar-refractivity contribution in [2.75, 3.05) is 5.32 Å². The van der Waals surface area contributed by atoms with Crippen molar-refractivity contribution in [3.8, 4) is 0 Å². The first kappa shape index (κ1) is 16.3. The zero-order chi connectivity index (χ0) is 17.6. The van der Waals surface area contributed by atoms with Crippen molar-refractivity contribution in [2.45, 2.75) is 12.5 Å². The summed E-state index contributed by atoms with van der Waals surface area (Å²) in [5, 5.41) is 13.8. The maximum absolute atomic E-state index is 12.8. The van der Waals surface area contributed by atoms with Crippen LogP contribution >= 0.6 is 0 Å². The molecule has 0 saturated carbocycles. The number of nitrogens with zero attached hydrogens (tertiary/aromatic N) is 4. The second kappa shape index (κ2) is 7.35. The summed E-state index contributed by atoms with van der Waals surface area (Å²) >= 11 is 0. The Morgan fingerprint density at radius 2 is 1.92 bits per heavy atom. The van der Waals surface area contributed by atoms with Crippen LogP contribution in [0.2, 0.25) is 0 Å². The lowest BCUT2D eigenvalue weighted by atomic mass is 10.1. The molecule has 0 spiro atoms. The van der Waals surface area contributed by atoms with E-state index in [0.717, 1.165) is 5.56 Å². The maximum atomic E-state index is 12.8. The lowest BCUT2D eigenvalue weighted by Gasteiger charge is -2.16. The first-order valence-electron chi connectivity index (χ1n) is 7.60. The first-order chi connectivity index (χ1) is 12.1. The molecule has 0 saturated heterocycles. The second-order valence-corrected chi connectivity index (χ2v) is 5.43. The summed E-state index contributed by atoms with van der Waals surface area (Å²) in [4.78, 5) is 24.0. The van der Waals surface area contributed by atoms with E-state index in [1.807, 2.05) is 30.3 Å². The topological polar surface area (TPSA) is 116 Å². The molecule has 0 aliphatic rings. The Bertz CT molecular complexity index is 864. The molecule has 2 amide bonds. The number of primary amides is 1. The molecule has 3 N–H and O–H groups in total. The number of nitrogens with two attached hydrogens (primary N) is 1. The van der Waals surface area contributed by atoms with Crippen LogP contribution in [0.4, 0.5) is 5.69 Å². The van der Waals surface area contributed by atoms with Crippen LogP contribution in [0, 0.1) is 0 Å². The average molecular weight is 336 g/mol. The molecule has 1 atom stereocenters. The fraction of sp³-hybridized carbons (Fsp3) is 0.118. The molecule has 0 fully saturated rings. The summed E-state index contributed by atoms with van der Waals surface area (Å²) in [5.41, 5.74) is 7.04. The van der Waals surface area contributed by atoms with Crippen LogP contribution in [0.25, 0.3) is 0 Å². The molecule has 0 bridgehead atoms. The van der Waals surface area contributed by atoms with E-state index in [-0.39, 0.29) is 5.91 Å². The van der Waals surface area contributed by atoms with Gasteiger partial charge < -0.3 is 11.1 Å². The summed E-state index contributed by atoms with van der Waals surface area (Å²) in [6.07, 6.45) is 1.82. The number of tetrazole rings is 1. The van der Waals surface area contributed by atoms with Crippen molar-refractivity contribution in [1.82, 2.24) is 20.2 Å². The van der Waals surface area contributed by atoms with Crippen LogP contribution in [0.3, 0.4) is 0 Å². The van der Waals surface area contributed by atoms with E-state index in [1.165, 1.54) is 17.1 Å². The lowest BCUT2D eigenvalue weighted by Crippen LogP contribution is -2.28. The number of amides is 2. The molecular formula is C17H16N6O2. The Kier molecular flexibility index (Phi) is 4.79. The van der Waals surface area contributed by atoms with Gasteiger partial charge in [0, 0.05) is 17.7 Å². The Hall–Kier alpha value is -3.55. The van der Waals surface area contributed by atoms with Gasteiger partial charge >= 0.3 is 0 Å². The van der Waals surface area contributed by atoms with E-state index >= 15 is 0 Å². The highest BCUT2D eigenvalue weighted by Gasteiger charge is 2.22. The highest BCUT2D eigenvalue weighted by atomic mass is 16.2. The first-order valence-corrected chi connectivity index (χ1v) is 7.60. The van der Waals surface area contributed by atoms with Gasteiger partial charge in [-0.15, -0.1) is 5.10 Å². The molecule has 3 aromatic rings. The van der Waals surface area contributed by atoms with Gasteiger partial charge in [-0.1, -0.05) is 36.4 Å². The molecule has 8 heteroatoms. The zero-order valence-electron chi connectivity index (χ0n) is 13.2. The van der Waals surface area contributed by atoms with Crippen molar-refractivity contribution in [3.63, 3.8) is 0 Å². The highest BCUT2D eigenvalue weighted by Crippen LogP contribution is 2.17. The number of aromatic nitrogens is 4. The number of hydrogen-bond donors (Lipinski definition) is 2. The summed E-state index contributed by atoms with van der Waals surface area (Å²) in [6.45, 7) is 0. The molecule has 1 aromatic heterocycles. The van der Waals surface area contributed by atoms with Gasteiger partial charge in [0.2, 0.25) is 11.8 Å². The van der Waals surface area contributed by atoms with E-state index in [2.05, 4.69) is 20.8 Å². The largest absolute Gasteiger partial charge is 0.366 e. The van der Waals surface area contributed by atoms with E-state index in [4.69, 9.17) is 5.73 Å². The summed E-state index contributed by atoms with van der Waals surface area (Å²) in [7, 11) is 0. The van der Waals surface area contributed by atoms with Crippen LogP contribution in [0.1, 0.15) is 22.0 Å². The minimum absolute atomic E-state index is 0.294. The number of benzene rings is 2. The zero-order valence-corrected chi connectivity index (χ0v) is 13.2. The fourth-order valence-electron chi connectivity index (χ4n) is 2.43. The maximum Gasteiger partial charge on any atom is 0.249 e. The molecule has 0 unspecified atom stereocenters. The third-order valence-corrected chi connectivity index (χ3v) is 3.67. The number of carbonyl (C=O) groups excluding carboxylic acids is 2. The Balaban J connectivity index is 1.82. The van der Waals surface area contributed by atoms with E-state index in [1.54, 1.807) is 18.2 Å².